The van der Waals surface area contributed by atoms with Gasteiger partial charge in [0, 0.05) is 5.92 Å². The van der Waals surface area contributed by atoms with Gasteiger partial charge in [0.05, 0.1) is 0 Å². The maximum Gasteiger partial charge on any atom is 0.407 e. The molecule has 2 aromatic rings. The summed E-state index contributed by atoms with van der Waals surface area (Å²) >= 11 is 0. The summed E-state index contributed by atoms with van der Waals surface area (Å²) in [6.07, 6.45) is 1.99. The van der Waals surface area contributed by atoms with Gasteiger partial charge in [-0.2, -0.15) is 0 Å². The average Bonchev–Trinajstić information content (AvgIpc) is 3.15. The smallest absolute Gasteiger partial charge is 0.407 e. The van der Waals surface area contributed by atoms with Crippen LogP contribution in [-0.2, 0) is 14.3 Å². The Kier molecular flexibility index (Phi) is 8.46. The Bertz CT molecular complexity index is 1010. The predicted octanol–water partition coefficient (Wildman–Crippen LogP) is 4.48. The van der Waals surface area contributed by atoms with E-state index in [4.69, 9.17) is 4.74 Å². The Hall–Kier alpha value is -3.61. The molecule has 3 rings (SSSR count). The first-order chi connectivity index (χ1) is 16.3. The van der Waals surface area contributed by atoms with Gasteiger partial charge in [-0.3, -0.25) is 4.79 Å². The lowest BCUT2D eigenvalue weighted by atomic mass is 9.98. The molecule has 180 valence electrons. The number of carboxylic acid groups (broad SMARTS) is 1. The highest BCUT2D eigenvalue weighted by atomic mass is 16.5. The third-order valence-electron chi connectivity index (χ3n) is 6.30. The van der Waals surface area contributed by atoms with Crippen LogP contribution in [0.4, 0.5) is 4.79 Å². The van der Waals surface area contributed by atoms with Crippen molar-refractivity contribution in [2.75, 3.05) is 6.61 Å². The number of nitrogens with one attached hydrogen (secondary N) is 2. The molecular weight excluding hydrogens is 432 g/mol. The van der Waals surface area contributed by atoms with Gasteiger partial charge in [-0.25, -0.2) is 9.59 Å². The number of rotatable bonds is 11. The minimum atomic E-state index is -1.16. The normalized spacial score (nSPS) is 14.8. The summed E-state index contributed by atoms with van der Waals surface area (Å²) in [4.78, 5) is 37.0. The van der Waals surface area contributed by atoms with E-state index in [1.165, 1.54) is 6.08 Å². The molecule has 34 heavy (non-hydrogen) atoms. The topological polar surface area (TPSA) is 105 Å². The van der Waals surface area contributed by atoms with Crippen molar-refractivity contribution in [1.82, 2.24) is 10.6 Å². The first kappa shape index (κ1) is 25.0. The number of ether oxygens (including phenoxy) is 1. The molecule has 7 nitrogen and oxygen atoms in total. The average molecular weight is 465 g/mol. The number of carboxylic acids is 1. The van der Waals surface area contributed by atoms with Crippen LogP contribution in [0.2, 0.25) is 0 Å². The van der Waals surface area contributed by atoms with Crippen molar-refractivity contribution in [2.24, 2.45) is 5.92 Å². The zero-order valence-corrected chi connectivity index (χ0v) is 19.6. The van der Waals surface area contributed by atoms with E-state index in [1.54, 1.807) is 0 Å². The Morgan fingerprint density at radius 3 is 2.15 bits per heavy atom. The van der Waals surface area contributed by atoms with E-state index in [9.17, 15) is 19.5 Å². The lowest BCUT2D eigenvalue weighted by molar-refractivity contribution is -0.142. The van der Waals surface area contributed by atoms with E-state index < -0.39 is 30.1 Å². The van der Waals surface area contributed by atoms with Gasteiger partial charge in [0.2, 0.25) is 5.91 Å². The van der Waals surface area contributed by atoms with Crippen LogP contribution in [0.3, 0.4) is 0 Å². The highest BCUT2D eigenvalue weighted by Gasteiger charge is 2.31. The van der Waals surface area contributed by atoms with Crippen LogP contribution in [0.25, 0.3) is 11.1 Å². The summed E-state index contributed by atoms with van der Waals surface area (Å²) in [7, 11) is 0. The zero-order valence-electron chi connectivity index (χ0n) is 19.6. The second-order valence-electron chi connectivity index (χ2n) is 8.70. The molecule has 0 saturated carbocycles. The first-order valence-electron chi connectivity index (χ1n) is 11.6. The number of fused-ring (bicyclic) bond motifs is 3. The van der Waals surface area contributed by atoms with Crippen molar-refractivity contribution >= 4 is 18.0 Å². The summed E-state index contributed by atoms with van der Waals surface area (Å²) in [5.74, 6) is -1.66. The Balaban J connectivity index is 1.68. The van der Waals surface area contributed by atoms with Crippen LogP contribution in [0.15, 0.2) is 61.2 Å². The second-order valence-corrected chi connectivity index (χ2v) is 8.70. The standard InChI is InChI=1S/C27H32N2O5/c1-4-10-23(26(31)32)28-25(30)24(15-17(3)5-2)29-27(33)34-16-22-20-13-8-6-11-18(20)19-12-7-9-14-21(19)22/h4,6-9,11-14,17,22-24H,1,5,10,15-16H2,2-3H3,(H,28,30)(H,29,33)(H,31,32). The van der Waals surface area contributed by atoms with E-state index in [2.05, 4.69) is 29.3 Å². The van der Waals surface area contributed by atoms with Crippen molar-refractivity contribution in [1.29, 1.82) is 0 Å². The van der Waals surface area contributed by atoms with Crippen LogP contribution < -0.4 is 10.6 Å². The van der Waals surface area contributed by atoms with Crippen LogP contribution >= 0.6 is 0 Å². The maximum absolute atomic E-state index is 12.8. The molecule has 0 heterocycles. The quantitative estimate of drug-likeness (QED) is 0.426. The minimum absolute atomic E-state index is 0.0854. The molecular formula is C27H32N2O5. The maximum atomic E-state index is 12.8. The molecule has 0 radical (unpaired) electrons. The molecule has 0 fully saturated rings. The van der Waals surface area contributed by atoms with Crippen LogP contribution in [0.5, 0.6) is 0 Å². The van der Waals surface area contributed by atoms with Crippen molar-refractivity contribution in [3.63, 3.8) is 0 Å². The SMILES string of the molecule is C=CCC(NC(=O)C(CC(C)CC)NC(=O)OCC1c2ccccc2-c2ccccc21)C(=O)O. The van der Waals surface area contributed by atoms with Crippen LogP contribution in [-0.4, -0.2) is 41.8 Å². The Labute approximate surface area is 200 Å². The molecule has 1 aliphatic carbocycles. The van der Waals surface area contributed by atoms with E-state index in [1.807, 2.05) is 50.2 Å². The molecule has 3 unspecified atom stereocenters. The molecule has 1 aliphatic rings. The van der Waals surface area contributed by atoms with Gasteiger partial charge in [0.1, 0.15) is 18.7 Å². The molecule has 2 amide bonds. The zero-order chi connectivity index (χ0) is 24.7. The molecule has 0 aliphatic heterocycles. The minimum Gasteiger partial charge on any atom is -0.480 e. The number of benzene rings is 2. The molecule has 2 aromatic carbocycles. The second kappa shape index (κ2) is 11.5. The number of carbonyl (C=O) groups excluding carboxylic acids is 2. The summed E-state index contributed by atoms with van der Waals surface area (Å²) < 4.78 is 5.57. The Morgan fingerprint density at radius 2 is 1.62 bits per heavy atom. The number of alkyl carbamates (subject to hydrolysis) is 1. The van der Waals surface area contributed by atoms with Gasteiger partial charge in [-0.15, -0.1) is 6.58 Å². The van der Waals surface area contributed by atoms with Crippen LogP contribution in [0, 0.1) is 5.92 Å². The van der Waals surface area contributed by atoms with Gasteiger partial charge < -0.3 is 20.5 Å². The molecule has 3 N–H and O–H groups in total. The van der Waals surface area contributed by atoms with Crippen molar-refractivity contribution < 1.29 is 24.2 Å². The molecule has 0 saturated heterocycles. The summed E-state index contributed by atoms with van der Waals surface area (Å²) in [5, 5.41) is 14.5. The molecule has 7 heteroatoms. The highest BCUT2D eigenvalue weighted by Crippen LogP contribution is 2.44. The third-order valence-corrected chi connectivity index (χ3v) is 6.30. The third kappa shape index (κ3) is 5.84. The fraction of sp³-hybridized carbons (Fsp3) is 0.370. The molecule has 0 spiro atoms. The number of carbonyl (C=O) groups is 3. The molecule has 0 bridgehead atoms. The number of amides is 2. The van der Waals surface area contributed by atoms with Gasteiger partial charge >= 0.3 is 12.1 Å². The highest BCUT2D eigenvalue weighted by molar-refractivity contribution is 5.89. The van der Waals surface area contributed by atoms with Crippen molar-refractivity contribution in [3.8, 4) is 11.1 Å². The predicted molar refractivity (Wildman–Crippen MR) is 130 cm³/mol. The van der Waals surface area contributed by atoms with Gasteiger partial charge in [-0.1, -0.05) is 74.9 Å². The fourth-order valence-electron chi connectivity index (χ4n) is 4.24. The van der Waals surface area contributed by atoms with E-state index in [0.717, 1.165) is 28.7 Å². The van der Waals surface area contributed by atoms with Gasteiger partial charge in [0.25, 0.3) is 0 Å². The van der Waals surface area contributed by atoms with E-state index >= 15 is 0 Å². The van der Waals surface area contributed by atoms with E-state index in [0.29, 0.717) is 6.42 Å². The van der Waals surface area contributed by atoms with Crippen molar-refractivity contribution in [2.45, 2.75) is 51.1 Å². The summed E-state index contributed by atoms with van der Waals surface area (Å²) in [6, 6.07) is 14.1. The number of hydrogen-bond donors (Lipinski definition) is 3. The fourth-order valence-corrected chi connectivity index (χ4v) is 4.24. The van der Waals surface area contributed by atoms with Crippen molar-refractivity contribution in [3.05, 3.63) is 72.3 Å². The monoisotopic (exact) mass is 464 g/mol. The first-order valence-corrected chi connectivity index (χ1v) is 11.6. The largest absolute Gasteiger partial charge is 0.480 e. The summed E-state index contributed by atoms with van der Waals surface area (Å²) in [5.41, 5.74) is 4.45. The lowest BCUT2D eigenvalue weighted by Gasteiger charge is -2.23. The molecule has 3 atom stereocenters. The van der Waals surface area contributed by atoms with Gasteiger partial charge in [-0.05, 0) is 41.0 Å². The number of aliphatic carboxylic acids is 1. The number of hydrogen-bond acceptors (Lipinski definition) is 4. The lowest BCUT2D eigenvalue weighted by Crippen LogP contribution is -2.52. The van der Waals surface area contributed by atoms with Gasteiger partial charge in [0.15, 0.2) is 0 Å². The Morgan fingerprint density at radius 1 is 1.03 bits per heavy atom. The summed E-state index contributed by atoms with van der Waals surface area (Å²) in [6.45, 7) is 7.63. The molecule has 0 aromatic heterocycles. The van der Waals surface area contributed by atoms with E-state index in [-0.39, 0.29) is 24.9 Å². The van der Waals surface area contributed by atoms with Crippen LogP contribution in [0.1, 0.15) is 50.2 Å².